The minimum absolute atomic E-state index is 0.833. The third kappa shape index (κ3) is 4.04. The molecule has 2 aromatic rings. The molecule has 0 aliphatic rings. The summed E-state index contributed by atoms with van der Waals surface area (Å²) >= 11 is 0. The normalized spacial score (nSPS) is 8.87. The number of hydrogen-bond donors (Lipinski definition) is 2. The number of aromatic nitrogens is 3. The highest BCUT2D eigenvalue weighted by Gasteiger charge is 1.96. The molecule has 0 atom stereocenters. The third-order valence-electron chi connectivity index (χ3n) is 1.48. The van der Waals surface area contributed by atoms with Crippen LogP contribution >= 0.6 is 0 Å². The van der Waals surface area contributed by atoms with Gasteiger partial charge in [0.25, 0.3) is 5.97 Å². The standard InChI is InChI=1S/C8H7N3.C2H4O2/c1-2-4-7(5-3-1)8-6-9-11-10-8;1-2(3)4/h1-6H,(H,9,10,11);1H3,(H,3,4). The number of rotatable bonds is 1. The minimum atomic E-state index is -0.833. The quantitative estimate of drug-likeness (QED) is 0.740. The molecule has 0 aliphatic heterocycles. The van der Waals surface area contributed by atoms with Crippen LogP contribution in [0.2, 0.25) is 0 Å². The molecule has 1 aromatic carbocycles. The molecule has 0 unspecified atom stereocenters. The van der Waals surface area contributed by atoms with Crippen molar-refractivity contribution in [2.75, 3.05) is 0 Å². The second-order valence-corrected chi connectivity index (χ2v) is 2.74. The van der Waals surface area contributed by atoms with E-state index in [1.54, 1.807) is 6.20 Å². The van der Waals surface area contributed by atoms with Crippen LogP contribution < -0.4 is 0 Å². The number of carboxylic acid groups (broad SMARTS) is 1. The first-order chi connectivity index (χ1) is 7.20. The van der Waals surface area contributed by atoms with E-state index >= 15 is 0 Å². The molecule has 0 saturated carbocycles. The Morgan fingerprint density at radius 3 is 2.40 bits per heavy atom. The second-order valence-electron chi connectivity index (χ2n) is 2.74. The first-order valence-electron chi connectivity index (χ1n) is 4.31. The van der Waals surface area contributed by atoms with Crippen LogP contribution in [0.4, 0.5) is 0 Å². The number of H-pyrrole nitrogens is 1. The van der Waals surface area contributed by atoms with Crippen LogP contribution in [0, 0.1) is 0 Å². The first kappa shape index (κ1) is 10.9. The van der Waals surface area contributed by atoms with Gasteiger partial charge in [0.05, 0.1) is 6.20 Å². The lowest BCUT2D eigenvalue weighted by molar-refractivity contribution is -0.134. The Bertz CT molecular complexity index is 394. The van der Waals surface area contributed by atoms with Gasteiger partial charge in [0.2, 0.25) is 0 Å². The van der Waals surface area contributed by atoms with Crippen molar-refractivity contribution in [3.05, 3.63) is 36.5 Å². The van der Waals surface area contributed by atoms with Gasteiger partial charge in [0, 0.05) is 12.5 Å². The maximum absolute atomic E-state index is 9.00. The molecule has 0 aliphatic carbocycles. The lowest BCUT2D eigenvalue weighted by atomic mass is 10.2. The van der Waals surface area contributed by atoms with Gasteiger partial charge in [-0.25, -0.2) is 0 Å². The number of aliphatic carboxylic acids is 1. The molecule has 78 valence electrons. The summed E-state index contributed by atoms with van der Waals surface area (Å²) in [5, 5.41) is 17.7. The largest absolute Gasteiger partial charge is 0.481 e. The third-order valence-corrected chi connectivity index (χ3v) is 1.48. The van der Waals surface area contributed by atoms with Gasteiger partial charge in [-0.2, -0.15) is 15.4 Å². The fraction of sp³-hybridized carbons (Fsp3) is 0.100. The van der Waals surface area contributed by atoms with Gasteiger partial charge in [0.1, 0.15) is 5.69 Å². The van der Waals surface area contributed by atoms with E-state index in [-0.39, 0.29) is 0 Å². The molecule has 0 fully saturated rings. The predicted octanol–water partition coefficient (Wildman–Crippen LogP) is 1.56. The molecule has 0 saturated heterocycles. The summed E-state index contributed by atoms with van der Waals surface area (Å²) in [6, 6.07) is 9.92. The van der Waals surface area contributed by atoms with Gasteiger partial charge in [-0.05, 0) is 0 Å². The number of nitrogens with zero attached hydrogens (tertiary/aromatic N) is 2. The SMILES string of the molecule is CC(=O)O.c1ccc(-c2cn[nH]n2)cc1. The van der Waals surface area contributed by atoms with Gasteiger partial charge in [-0.1, -0.05) is 30.3 Å². The zero-order valence-corrected chi connectivity index (χ0v) is 8.21. The fourth-order valence-corrected chi connectivity index (χ4v) is 0.950. The molecule has 0 spiro atoms. The Morgan fingerprint density at radius 2 is 1.93 bits per heavy atom. The van der Waals surface area contributed by atoms with Gasteiger partial charge in [-0.15, -0.1) is 0 Å². The number of carboxylic acids is 1. The van der Waals surface area contributed by atoms with Crippen LogP contribution in [0.15, 0.2) is 36.5 Å². The summed E-state index contributed by atoms with van der Waals surface area (Å²) in [5.41, 5.74) is 1.96. The molecule has 1 aromatic heterocycles. The van der Waals surface area contributed by atoms with Crippen LogP contribution in [0.1, 0.15) is 6.92 Å². The first-order valence-corrected chi connectivity index (χ1v) is 4.31. The molecule has 2 rings (SSSR count). The Hall–Kier alpha value is -2.17. The second kappa shape index (κ2) is 5.54. The molecule has 0 amide bonds. The monoisotopic (exact) mass is 205 g/mol. The Balaban J connectivity index is 0.000000245. The van der Waals surface area contributed by atoms with E-state index in [1.807, 2.05) is 30.3 Å². The topological polar surface area (TPSA) is 78.9 Å². The lowest BCUT2D eigenvalue weighted by Gasteiger charge is -1.90. The van der Waals surface area contributed by atoms with E-state index in [0.717, 1.165) is 18.2 Å². The minimum Gasteiger partial charge on any atom is -0.481 e. The van der Waals surface area contributed by atoms with Crippen molar-refractivity contribution in [3.63, 3.8) is 0 Å². The Morgan fingerprint density at radius 1 is 1.33 bits per heavy atom. The summed E-state index contributed by atoms with van der Waals surface area (Å²) in [4.78, 5) is 9.00. The molecular formula is C10H11N3O2. The van der Waals surface area contributed by atoms with E-state index in [2.05, 4.69) is 15.4 Å². The van der Waals surface area contributed by atoms with E-state index in [1.165, 1.54) is 0 Å². The summed E-state index contributed by atoms with van der Waals surface area (Å²) in [7, 11) is 0. The van der Waals surface area contributed by atoms with Crippen molar-refractivity contribution in [3.8, 4) is 11.3 Å². The summed E-state index contributed by atoms with van der Waals surface area (Å²) < 4.78 is 0. The fourth-order valence-electron chi connectivity index (χ4n) is 0.950. The number of hydrogen-bond acceptors (Lipinski definition) is 3. The van der Waals surface area contributed by atoms with Crippen LogP contribution in [0.3, 0.4) is 0 Å². The van der Waals surface area contributed by atoms with Crippen LogP contribution in [-0.4, -0.2) is 26.5 Å². The number of carbonyl (C=O) groups is 1. The van der Waals surface area contributed by atoms with Crippen molar-refractivity contribution in [1.82, 2.24) is 15.4 Å². The predicted molar refractivity (Wildman–Crippen MR) is 55.1 cm³/mol. The van der Waals surface area contributed by atoms with E-state index in [9.17, 15) is 0 Å². The highest BCUT2D eigenvalue weighted by molar-refractivity contribution is 5.63. The van der Waals surface area contributed by atoms with Crippen molar-refractivity contribution >= 4 is 5.97 Å². The molecule has 2 N–H and O–H groups in total. The maximum Gasteiger partial charge on any atom is 0.300 e. The smallest absolute Gasteiger partial charge is 0.300 e. The summed E-state index contributed by atoms with van der Waals surface area (Å²) in [6.07, 6.45) is 1.70. The average molecular weight is 205 g/mol. The van der Waals surface area contributed by atoms with Crippen LogP contribution in [0.5, 0.6) is 0 Å². The Kier molecular flexibility index (Phi) is 4.03. The van der Waals surface area contributed by atoms with Crippen molar-refractivity contribution < 1.29 is 9.90 Å². The van der Waals surface area contributed by atoms with Crippen LogP contribution in [-0.2, 0) is 4.79 Å². The van der Waals surface area contributed by atoms with E-state index in [4.69, 9.17) is 9.90 Å². The van der Waals surface area contributed by atoms with Gasteiger partial charge in [0.15, 0.2) is 0 Å². The van der Waals surface area contributed by atoms with Crippen LogP contribution in [0.25, 0.3) is 11.3 Å². The van der Waals surface area contributed by atoms with E-state index in [0.29, 0.717) is 0 Å². The highest BCUT2D eigenvalue weighted by Crippen LogP contribution is 2.12. The average Bonchev–Trinajstić information content (AvgIpc) is 2.71. The van der Waals surface area contributed by atoms with Crippen molar-refractivity contribution in [2.24, 2.45) is 0 Å². The molecule has 0 radical (unpaired) electrons. The Labute approximate surface area is 86.8 Å². The molecule has 5 nitrogen and oxygen atoms in total. The number of benzene rings is 1. The maximum atomic E-state index is 9.00. The van der Waals surface area contributed by atoms with Gasteiger partial charge in [-0.3, -0.25) is 4.79 Å². The molecular weight excluding hydrogens is 194 g/mol. The number of aromatic amines is 1. The lowest BCUT2D eigenvalue weighted by Crippen LogP contribution is -1.78. The van der Waals surface area contributed by atoms with Crippen molar-refractivity contribution in [2.45, 2.75) is 6.92 Å². The summed E-state index contributed by atoms with van der Waals surface area (Å²) in [6.45, 7) is 1.08. The zero-order valence-electron chi connectivity index (χ0n) is 8.21. The van der Waals surface area contributed by atoms with Gasteiger partial charge >= 0.3 is 0 Å². The summed E-state index contributed by atoms with van der Waals surface area (Å²) in [5.74, 6) is -0.833. The van der Waals surface area contributed by atoms with Gasteiger partial charge < -0.3 is 5.11 Å². The molecule has 15 heavy (non-hydrogen) atoms. The zero-order chi connectivity index (χ0) is 11.1. The molecule has 1 heterocycles. The number of nitrogens with one attached hydrogen (secondary N) is 1. The molecule has 0 bridgehead atoms. The van der Waals surface area contributed by atoms with E-state index < -0.39 is 5.97 Å². The van der Waals surface area contributed by atoms with Crippen molar-refractivity contribution in [1.29, 1.82) is 0 Å². The highest BCUT2D eigenvalue weighted by atomic mass is 16.4. The molecule has 5 heteroatoms.